The number of carbonyl (C=O) groups excluding carboxylic acids is 1. The molecule has 0 bridgehead atoms. The maximum Gasteiger partial charge on any atom is 0.356 e. The summed E-state index contributed by atoms with van der Waals surface area (Å²) in [5.41, 5.74) is 0.112. The van der Waals surface area contributed by atoms with Gasteiger partial charge in [-0.15, -0.1) is 0 Å². The average Bonchev–Trinajstić information content (AvgIpc) is 2.18. The Bertz CT molecular complexity index is 194. The van der Waals surface area contributed by atoms with E-state index in [1.807, 2.05) is 0 Å². The number of unbranched alkanes of at least 4 members (excludes halogenated alkanes) is 2. The van der Waals surface area contributed by atoms with Crippen molar-refractivity contribution in [3.8, 4) is 0 Å². The molecule has 14 heavy (non-hydrogen) atoms. The molecule has 0 aliphatic rings. The lowest BCUT2D eigenvalue weighted by atomic mass is 10.1. The Morgan fingerprint density at radius 3 is 2.64 bits per heavy atom. The van der Waals surface area contributed by atoms with Gasteiger partial charge in [-0.25, -0.2) is 4.79 Å². The Kier molecular flexibility index (Phi) is 8.62. The van der Waals surface area contributed by atoms with Gasteiger partial charge in [-0.05, 0) is 19.8 Å². The van der Waals surface area contributed by atoms with Crippen LogP contribution in [0.1, 0.15) is 32.6 Å². The number of ether oxygens (including phenoxy) is 1. The summed E-state index contributed by atoms with van der Waals surface area (Å²) in [5, 5.41) is 12.4. The molecule has 0 atom stereocenters. The van der Waals surface area contributed by atoms with Gasteiger partial charge in [0, 0.05) is 11.8 Å². The van der Waals surface area contributed by atoms with Crippen molar-refractivity contribution in [1.82, 2.24) is 0 Å². The van der Waals surface area contributed by atoms with Gasteiger partial charge in [0.05, 0.1) is 6.61 Å². The molecule has 82 valence electrons. The van der Waals surface area contributed by atoms with Gasteiger partial charge in [0.15, 0.2) is 5.71 Å². The third-order valence-corrected chi connectivity index (χ3v) is 2.24. The predicted octanol–water partition coefficient (Wildman–Crippen LogP) is 2.33. The largest absolute Gasteiger partial charge is 0.461 e. The molecule has 5 heteroatoms. The Labute approximate surface area is 92.4 Å². The molecule has 0 radical (unpaired) electrons. The lowest BCUT2D eigenvalue weighted by molar-refractivity contribution is -0.135. The summed E-state index contributed by atoms with van der Waals surface area (Å²) in [6, 6.07) is 0. The molecule has 0 saturated carbocycles. The second-order valence-corrected chi connectivity index (χ2v) is 3.56. The SMILES string of the molecule is CCOC(=O)C(CCCCCBr)=NO. The third-order valence-electron chi connectivity index (χ3n) is 1.68. The molecule has 0 aliphatic heterocycles. The van der Waals surface area contributed by atoms with Gasteiger partial charge >= 0.3 is 5.97 Å². The Morgan fingerprint density at radius 1 is 1.43 bits per heavy atom. The first-order valence-electron chi connectivity index (χ1n) is 4.70. The number of carbonyl (C=O) groups is 1. The third kappa shape index (κ3) is 5.96. The first-order valence-corrected chi connectivity index (χ1v) is 5.82. The second kappa shape index (κ2) is 8.99. The number of alkyl halides is 1. The van der Waals surface area contributed by atoms with Crippen LogP contribution in [0.4, 0.5) is 0 Å². The predicted molar refractivity (Wildman–Crippen MR) is 58.1 cm³/mol. The van der Waals surface area contributed by atoms with Crippen LogP contribution in [0, 0.1) is 0 Å². The Morgan fingerprint density at radius 2 is 2.14 bits per heavy atom. The lowest BCUT2D eigenvalue weighted by Gasteiger charge is -2.03. The van der Waals surface area contributed by atoms with E-state index in [2.05, 4.69) is 21.1 Å². The van der Waals surface area contributed by atoms with E-state index in [0.717, 1.165) is 24.6 Å². The molecular weight excluding hydrogens is 250 g/mol. The van der Waals surface area contributed by atoms with Gasteiger partial charge in [0.2, 0.25) is 0 Å². The molecule has 0 aromatic heterocycles. The van der Waals surface area contributed by atoms with Crippen LogP contribution in [-0.4, -0.2) is 28.8 Å². The lowest BCUT2D eigenvalue weighted by Crippen LogP contribution is -2.17. The zero-order chi connectivity index (χ0) is 10.8. The minimum atomic E-state index is -0.520. The van der Waals surface area contributed by atoms with Crippen molar-refractivity contribution in [2.75, 3.05) is 11.9 Å². The zero-order valence-electron chi connectivity index (χ0n) is 8.33. The van der Waals surface area contributed by atoms with E-state index in [4.69, 9.17) is 9.94 Å². The molecule has 0 unspecified atom stereocenters. The summed E-state index contributed by atoms with van der Waals surface area (Å²) >= 11 is 3.32. The van der Waals surface area contributed by atoms with Crippen molar-refractivity contribution < 1.29 is 14.7 Å². The van der Waals surface area contributed by atoms with Crippen LogP contribution in [0.15, 0.2) is 5.16 Å². The summed E-state index contributed by atoms with van der Waals surface area (Å²) in [7, 11) is 0. The van der Waals surface area contributed by atoms with Crippen LogP contribution < -0.4 is 0 Å². The van der Waals surface area contributed by atoms with Gasteiger partial charge in [-0.1, -0.05) is 27.5 Å². The Balaban J connectivity index is 3.75. The number of esters is 1. The van der Waals surface area contributed by atoms with Gasteiger partial charge < -0.3 is 9.94 Å². The van der Waals surface area contributed by atoms with Crippen LogP contribution in [0.5, 0.6) is 0 Å². The molecule has 0 aromatic carbocycles. The highest BCUT2D eigenvalue weighted by molar-refractivity contribution is 9.09. The molecule has 0 amide bonds. The first-order chi connectivity index (χ1) is 6.76. The standard InChI is InChI=1S/C9H16BrNO3/c1-2-14-9(12)8(11-13)6-4-3-5-7-10/h13H,2-7H2,1H3. The fourth-order valence-electron chi connectivity index (χ4n) is 0.971. The summed E-state index contributed by atoms with van der Waals surface area (Å²) < 4.78 is 4.71. The number of hydrogen-bond donors (Lipinski definition) is 1. The molecule has 0 spiro atoms. The maximum absolute atomic E-state index is 11.1. The number of nitrogens with zero attached hydrogens (tertiary/aromatic N) is 1. The van der Waals surface area contributed by atoms with Gasteiger partial charge in [0.25, 0.3) is 0 Å². The Hall–Kier alpha value is -0.580. The fourth-order valence-corrected chi connectivity index (χ4v) is 1.37. The smallest absolute Gasteiger partial charge is 0.356 e. The van der Waals surface area contributed by atoms with E-state index < -0.39 is 5.97 Å². The number of hydrogen-bond acceptors (Lipinski definition) is 4. The molecule has 0 fully saturated rings. The molecule has 0 heterocycles. The highest BCUT2D eigenvalue weighted by Gasteiger charge is 2.12. The van der Waals surface area contributed by atoms with Crippen LogP contribution in [-0.2, 0) is 9.53 Å². The normalized spacial score (nSPS) is 11.4. The molecule has 0 aliphatic carbocycles. The summed E-state index contributed by atoms with van der Waals surface area (Å²) in [6.45, 7) is 2.02. The van der Waals surface area contributed by atoms with Crippen molar-refractivity contribution >= 4 is 27.6 Å². The van der Waals surface area contributed by atoms with Crippen molar-refractivity contribution in [3.63, 3.8) is 0 Å². The fraction of sp³-hybridized carbons (Fsp3) is 0.778. The minimum Gasteiger partial charge on any atom is -0.461 e. The highest BCUT2D eigenvalue weighted by atomic mass is 79.9. The van der Waals surface area contributed by atoms with Crippen LogP contribution in [0.2, 0.25) is 0 Å². The van der Waals surface area contributed by atoms with E-state index in [1.54, 1.807) is 6.92 Å². The number of oxime groups is 1. The van der Waals surface area contributed by atoms with Gasteiger partial charge in [-0.2, -0.15) is 0 Å². The second-order valence-electron chi connectivity index (χ2n) is 2.77. The summed E-state index contributed by atoms with van der Waals surface area (Å²) in [4.78, 5) is 11.1. The molecule has 0 aromatic rings. The van der Waals surface area contributed by atoms with Crippen molar-refractivity contribution in [3.05, 3.63) is 0 Å². The maximum atomic E-state index is 11.1. The van der Waals surface area contributed by atoms with E-state index in [0.29, 0.717) is 13.0 Å². The molecule has 0 rings (SSSR count). The van der Waals surface area contributed by atoms with E-state index in [-0.39, 0.29) is 5.71 Å². The van der Waals surface area contributed by atoms with Crippen molar-refractivity contribution in [2.45, 2.75) is 32.6 Å². The van der Waals surface area contributed by atoms with Gasteiger partial charge in [-0.3, -0.25) is 0 Å². The zero-order valence-corrected chi connectivity index (χ0v) is 9.92. The topological polar surface area (TPSA) is 58.9 Å². The monoisotopic (exact) mass is 265 g/mol. The van der Waals surface area contributed by atoms with Crippen LogP contribution in [0.3, 0.4) is 0 Å². The van der Waals surface area contributed by atoms with Crippen molar-refractivity contribution in [2.24, 2.45) is 5.16 Å². The molecular formula is C9H16BrNO3. The van der Waals surface area contributed by atoms with Crippen LogP contribution in [0.25, 0.3) is 0 Å². The van der Waals surface area contributed by atoms with E-state index in [1.165, 1.54) is 0 Å². The molecule has 4 nitrogen and oxygen atoms in total. The molecule has 0 saturated heterocycles. The van der Waals surface area contributed by atoms with Crippen LogP contribution >= 0.6 is 15.9 Å². The average molecular weight is 266 g/mol. The first kappa shape index (κ1) is 13.4. The summed E-state index contributed by atoms with van der Waals surface area (Å²) in [5.74, 6) is -0.520. The van der Waals surface area contributed by atoms with Crippen molar-refractivity contribution in [1.29, 1.82) is 0 Å². The van der Waals surface area contributed by atoms with Gasteiger partial charge in [0.1, 0.15) is 0 Å². The highest BCUT2D eigenvalue weighted by Crippen LogP contribution is 2.04. The molecule has 1 N–H and O–H groups in total. The minimum absolute atomic E-state index is 0.112. The van der Waals surface area contributed by atoms with E-state index in [9.17, 15) is 4.79 Å². The number of halogens is 1. The summed E-state index contributed by atoms with van der Waals surface area (Å²) in [6.07, 6.45) is 3.37. The quantitative estimate of drug-likeness (QED) is 0.192. The number of rotatable bonds is 7. The van der Waals surface area contributed by atoms with E-state index >= 15 is 0 Å².